The van der Waals surface area contributed by atoms with Crippen molar-refractivity contribution in [2.75, 3.05) is 33.4 Å². The summed E-state index contributed by atoms with van der Waals surface area (Å²) in [4.78, 5) is 96.2. The van der Waals surface area contributed by atoms with Gasteiger partial charge in [-0.05, 0) is 38.5 Å². The van der Waals surface area contributed by atoms with E-state index in [1.54, 1.807) is 0 Å². The largest absolute Gasteiger partial charge is 0.471 e. The van der Waals surface area contributed by atoms with Crippen LogP contribution in [0.15, 0.2) is 15.7 Å². The molecule has 5 fully saturated rings. The Balaban J connectivity index is 1.40. The highest BCUT2D eigenvalue weighted by Gasteiger charge is 2.54. The Labute approximate surface area is 385 Å². The third-order valence-corrected chi connectivity index (χ3v) is 13.0. The Morgan fingerprint density at radius 1 is 0.882 bits per heavy atom. The summed E-state index contributed by atoms with van der Waals surface area (Å²) in [5.74, 6) is -7.38. The lowest BCUT2D eigenvalue weighted by molar-refractivity contribution is -0.335. The van der Waals surface area contributed by atoms with Crippen LogP contribution in [0.5, 0.6) is 0 Å². The summed E-state index contributed by atoms with van der Waals surface area (Å²) in [7, 11) is 1.06. The van der Waals surface area contributed by atoms with Crippen molar-refractivity contribution in [2.45, 2.75) is 157 Å². The van der Waals surface area contributed by atoms with Crippen molar-refractivity contribution in [3.05, 3.63) is 32.6 Å². The molecule has 4 amide bonds. The van der Waals surface area contributed by atoms with Crippen LogP contribution in [-0.4, -0.2) is 195 Å². The number of nitrogens with one attached hydrogen (secondary N) is 5. The van der Waals surface area contributed by atoms with Crippen molar-refractivity contribution >= 4 is 29.6 Å². The van der Waals surface area contributed by atoms with Gasteiger partial charge in [0.1, 0.15) is 60.6 Å². The van der Waals surface area contributed by atoms with E-state index in [0.29, 0.717) is 19.5 Å². The fraction of sp³-hybridized carbons (Fsp3) is 0.780. The van der Waals surface area contributed by atoms with Gasteiger partial charge in [-0.1, -0.05) is 32.1 Å². The van der Waals surface area contributed by atoms with E-state index in [0.717, 1.165) is 45.3 Å². The monoisotopic (exact) mass is 980 g/mol. The Bertz CT molecular complexity index is 2020. The minimum atomic E-state index is -5.38. The number of hydrogen-bond acceptors (Lipinski definition) is 18. The third kappa shape index (κ3) is 12.8. The SMILES string of the molecule is COC(=O)C1CC(NC(=O)c2cc(=O)[nH]c(=O)[nH]2)[C@@H](O[C@@H]2OC(C)[C@@H](O)[C@H](O)C2O)[C@H](O[C@@H]2O[C@@H](CO)[C@H](O)C(O[C@@H](CC3CCCCC3)C(=O)N3CCC3)C2NC(=O)CNC(=O)C(F)(F)F)C1. The highest BCUT2D eigenvalue weighted by atomic mass is 19.4. The van der Waals surface area contributed by atoms with Crippen LogP contribution in [0, 0.1) is 11.8 Å². The second kappa shape index (κ2) is 22.9. The number of carbonyl (C=O) groups is 5. The molecule has 382 valence electrons. The summed E-state index contributed by atoms with van der Waals surface area (Å²) in [5, 5.41) is 60.9. The van der Waals surface area contributed by atoms with Gasteiger partial charge in [0, 0.05) is 19.2 Å². The number of nitrogens with zero attached hydrogens (tertiary/aromatic N) is 1. The first-order chi connectivity index (χ1) is 32.2. The number of aromatic amines is 2. The number of alkyl halides is 3. The van der Waals surface area contributed by atoms with E-state index in [2.05, 4.69) is 15.6 Å². The number of halogens is 3. The molecule has 0 aromatic carbocycles. The number of rotatable bonds is 16. The number of amides is 4. The predicted octanol–water partition coefficient (Wildman–Crippen LogP) is -3.46. The number of likely N-dealkylation sites (tertiary alicyclic amines) is 1. The maximum Gasteiger partial charge on any atom is 0.471 e. The van der Waals surface area contributed by atoms with Crippen LogP contribution in [0.3, 0.4) is 0 Å². The fourth-order valence-corrected chi connectivity index (χ4v) is 9.18. The predicted molar refractivity (Wildman–Crippen MR) is 220 cm³/mol. The Morgan fingerprint density at radius 3 is 2.21 bits per heavy atom. The molecule has 1 aromatic heterocycles. The topological polar surface area (TPSA) is 347 Å². The summed E-state index contributed by atoms with van der Waals surface area (Å²) >= 11 is 0. The molecule has 2 saturated carbocycles. The molecular formula is C41H59F3N6O18. The van der Waals surface area contributed by atoms with Gasteiger partial charge in [-0.15, -0.1) is 0 Å². The zero-order valence-corrected chi connectivity index (χ0v) is 37.1. The molecule has 0 bridgehead atoms. The maximum absolute atomic E-state index is 14.0. The van der Waals surface area contributed by atoms with Crippen molar-refractivity contribution in [2.24, 2.45) is 11.8 Å². The van der Waals surface area contributed by atoms with E-state index in [4.69, 9.17) is 28.4 Å². The van der Waals surface area contributed by atoms with Crippen molar-refractivity contribution in [3.63, 3.8) is 0 Å². The highest BCUT2D eigenvalue weighted by Crippen LogP contribution is 2.37. The van der Waals surface area contributed by atoms with Crippen LogP contribution in [-0.2, 0) is 47.6 Å². The van der Waals surface area contributed by atoms with Crippen molar-refractivity contribution in [1.29, 1.82) is 0 Å². The van der Waals surface area contributed by atoms with Crippen LogP contribution in [0.2, 0.25) is 0 Å². The second-order valence-electron chi connectivity index (χ2n) is 17.7. The summed E-state index contributed by atoms with van der Waals surface area (Å²) in [6, 6.07) is -2.51. The average Bonchev–Trinajstić information content (AvgIpc) is 3.27. The first-order valence-corrected chi connectivity index (χ1v) is 22.4. The van der Waals surface area contributed by atoms with Crippen molar-refractivity contribution in [1.82, 2.24) is 30.8 Å². The number of esters is 1. The number of hydrogen-bond donors (Lipinski definition) is 10. The normalized spacial score (nSPS) is 33.9. The molecule has 2 aliphatic carbocycles. The standard InChI is InChI=1S/C41H59F3N6O18/c1-17-28(54)30(56)31(57)38(64-17)68-32-20(46-34(58)21-14-25(52)49-40(62)47-21)12-19(36(60)63-2)13-22(32)66-37-27(48-26(53)15-45-39(61)41(42,43)44)33(29(55)24(16-51)67-37)65-23(35(59)50-9-6-10-50)11-18-7-4-3-5-8-18/h14,17-20,22-24,27-33,37-38,51,54-57H,3-13,15-16H2,1-2H3,(H,45,61)(H,46,58)(H,48,53)(H2,47,49,52,62)/t17?,19?,20?,22-,23+,24+,27?,28-,29+,30+,31?,32-,33?,37-,38+/m1/s1. The molecule has 27 heteroatoms. The summed E-state index contributed by atoms with van der Waals surface area (Å²) in [5.41, 5.74) is -2.57. The van der Waals surface area contributed by atoms with Gasteiger partial charge in [0.2, 0.25) is 5.91 Å². The zero-order valence-electron chi connectivity index (χ0n) is 37.1. The van der Waals surface area contributed by atoms with Crippen LogP contribution in [0.25, 0.3) is 0 Å². The van der Waals surface area contributed by atoms with Gasteiger partial charge in [-0.2, -0.15) is 13.2 Å². The molecule has 0 radical (unpaired) electrons. The quantitative estimate of drug-likeness (QED) is 0.0720. The third-order valence-electron chi connectivity index (χ3n) is 13.0. The van der Waals surface area contributed by atoms with Gasteiger partial charge in [-0.25, -0.2) is 4.79 Å². The number of methoxy groups -OCH3 is 1. The molecule has 5 aliphatic rings. The average molecular weight is 981 g/mol. The van der Waals surface area contributed by atoms with Crippen molar-refractivity contribution in [3.8, 4) is 0 Å². The number of aliphatic hydroxyl groups is 5. The lowest BCUT2D eigenvalue weighted by Gasteiger charge is -2.49. The van der Waals surface area contributed by atoms with Crippen LogP contribution < -0.4 is 27.2 Å². The molecule has 15 atom stereocenters. The lowest BCUT2D eigenvalue weighted by Crippen LogP contribution is -2.69. The Kier molecular flexibility index (Phi) is 17.8. The summed E-state index contributed by atoms with van der Waals surface area (Å²) < 4.78 is 75.5. The van der Waals surface area contributed by atoms with Gasteiger partial charge < -0.3 is 79.8 Å². The van der Waals surface area contributed by atoms with E-state index in [9.17, 15) is 72.3 Å². The second-order valence-corrected chi connectivity index (χ2v) is 17.7. The summed E-state index contributed by atoms with van der Waals surface area (Å²) in [6.45, 7) is -0.0870. The number of H-pyrrole nitrogens is 2. The molecule has 68 heavy (non-hydrogen) atoms. The molecular weight excluding hydrogens is 921 g/mol. The van der Waals surface area contributed by atoms with Crippen LogP contribution in [0.1, 0.15) is 75.2 Å². The van der Waals surface area contributed by atoms with Gasteiger partial charge in [0.25, 0.3) is 17.4 Å². The summed E-state index contributed by atoms with van der Waals surface area (Å²) in [6.07, 6.45) is -21.2. The zero-order chi connectivity index (χ0) is 49.6. The molecule has 1 aromatic rings. The molecule has 3 saturated heterocycles. The molecule has 24 nitrogen and oxygen atoms in total. The van der Waals surface area contributed by atoms with E-state index in [-0.39, 0.29) is 18.8 Å². The molecule has 6 rings (SSSR count). The molecule has 6 unspecified atom stereocenters. The Hall–Kier alpha value is -4.58. The van der Waals surface area contributed by atoms with Gasteiger partial charge >= 0.3 is 23.7 Å². The van der Waals surface area contributed by atoms with E-state index in [1.807, 2.05) is 4.98 Å². The van der Waals surface area contributed by atoms with E-state index in [1.165, 1.54) is 17.1 Å². The fourth-order valence-electron chi connectivity index (χ4n) is 9.18. The number of ether oxygens (including phenoxy) is 6. The van der Waals surface area contributed by atoms with Gasteiger partial charge in [0.15, 0.2) is 12.6 Å². The highest BCUT2D eigenvalue weighted by molar-refractivity contribution is 5.92. The number of carbonyl (C=O) groups excluding carboxylic acids is 5. The lowest BCUT2D eigenvalue weighted by atomic mass is 9.81. The van der Waals surface area contributed by atoms with E-state index >= 15 is 0 Å². The molecule has 0 spiro atoms. The van der Waals surface area contributed by atoms with Crippen molar-refractivity contribution < 1.29 is 91.1 Å². The number of aliphatic hydroxyl groups excluding tert-OH is 5. The number of aromatic nitrogens is 2. The van der Waals surface area contributed by atoms with E-state index < -0.39 is 164 Å². The van der Waals surface area contributed by atoms with Gasteiger partial charge in [0.05, 0.1) is 44.4 Å². The van der Waals surface area contributed by atoms with Crippen LogP contribution in [0.4, 0.5) is 13.2 Å². The Morgan fingerprint density at radius 2 is 1.59 bits per heavy atom. The minimum Gasteiger partial charge on any atom is -0.469 e. The minimum absolute atomic E-state index is 0.00315. The smallest absolute Gasteiger partial charge is 0.469 e. The van der Waals surface area contributed by atoms with Crippen LogP contribution >= 0.6 is 0 Å². The maximum atomic E-state index is 14.0. The first-order valence-electron chi connectivity index (χ1n) is 22.4. The van der Waals surface area contributed by atoms with Gasteiger partial charge in [-0.3, -0.25) is 33.8 Å². The molecule has 10 N–H and O–H groups in total. The first kappa shape index (κ1) is 52.8. The molecule has 3 aliphatic heterocycles. The molecule has 4 heterocycles.